The molecule has 0 spiro atoms. The molecular weight excluding hydrogens is 364 g/mol. The number of hydrogen-bond donors (Lipinski definition) is 1. The molecule has 0 aliphatic rings. The van der Waals surface area contributed by atoms with Gasteiger partial charge in [-0.3, -0.25) is 10.2 Å². The molecule has 0 unspecified atom stereocenters. The summed E-state index contributed by atoms with van der Waals surface area (Å²) in [7, 11) is 1.57. The number of ketones is 1. The van der Waals surface area contributed by atoms with Crippen molar-refractivity contribution < 1.29 is 19.1 Å². The molecule has 1 aromatic carbocycles. The number of hydrogen-bond acceptors (Lipinski definition) is 6. The molecule has 0 saturated carbocycles. The van der Waals surface area contributed by atoms with Crippen LogP contribution in [-0.4, -0.2) is 24.6 Å². The fourth-order valence-electron chi connectivity index (χ4n) is 2.14. The second-order valence-corrected chi connectivity index (χ2v) is 7.73. The molecule has 1 aromatic heterocycles. The highest BCUT2D eigenvalue weighted by molar-refractivity contribution is 7.14. The SMILES string of the molecule is COc1ccc(C(=O)/C=C(\C)NN(C(=O)OC(C)(C)C)c2cccs2)cc1. The van der Waals surface area contributed by atoms with Crippen LogP contribution in [0.5, 0.6) is 5.75 Å². The van der Waals surface area contributed by atoms with Gasteiger partial charge in [0.1, 0.15) is 16.4 Å². The van der Waals surface area contributed by atoms with E-state index in [9.17, 15) is 9.59 Å². The molecule has 1 heterocycles. The number of carbonyl (C=O) groups is 2. The summed E-state index contributed by atoms with van der Waals surface area (Å²) in [5.41, 5.74) is 3.35. The molecule has 144 valence electrons. The number of rotatable bonds is 6. The van der Waals surface area contributed by atoms with Gasteiger partial charge in [0.2, 0.25) is 0 Å². The largest absolute Gasteiger partial charge is 0.497 e. The van der Waals surface area contributed by atoms with E-state index in [2.05, 4.69) is 5.43 Å². The summed E-state index contributed by atoms with van der Waals surface area (Å²) in [5.74, 6) is 0.497. The van der Waals surface area contributed by atoms with E-state index < -0.39 is 11.7 Å². The van der Waals surface area contributed by atoms with Crippen molar-refractivity contribution in [1.82, 2.24) is 5.43 Å². The Hall–Kier alpha value is -2.80. The van der Waals surface area contributed by atoms with Crippen LogP contribution in [0.25, 0.3) is 0 Å². The van der Waals surface area contributed by atoms with Gasteiger partial charge in [-0.1, -0.05) is 0 Å². The van der Waals surface area contributed by atoms with E-state index in [0.29, 0.717) is 22.0 Å². The number of methoxy groups -OCH3 is 1. The predicted octanol–water partition coefficient (Wildman–Crippen LogP) is 4.79. The molecule has 0 bridgehead atoms. The van der Waals surface area contributed by atoms with Gasteiger partial charge in [0.25, 0.3) is 0 Å². The standard InChI is InChI=1S/C20H24N2O4S/c1-14(13-17(23)15-8-10-16(25-5)11-9-15)21-22(18-7-6-12-27-18)19(24)26-20(2,3)4/h6-13,21H,1-5H3/b14-13+. The highest BCUT2D eigenvalue weighted by atomic mass is 32.1. The fourth-order valence-corrected chi connectivity index (χ4v) is 2.82. The predicted molar refractivity (Wildman–Crippen MR) is 107 cm³/mol. The van der Waals surface area contributed by atoms with Crippen molar-refractivity contribution in [3.05, 3.63) is 59.1 Å². The number of nitrogens with zero attached hydrogens (tertiary/aromatic N) is 1. The summed E-state index contributed by atoms with van der Waals surface area (Å²) in [6, 6.07) is 10.5. The minimum Gasteiger partial charge on any atom is -0.497 e. The van der Waals surface area contributed by atoms with Crippen molar-refractivity contribution in [2.24, 2.45) is 0 Å². The fraction of sp³-hybridized carbons (Fsp3) is 0.300. The molecule has 27 heavy (non-hydrogen) atoms. The Morgan fingerprint density at radius 2 is 1.81 bits per heavy atom. The maximum atomic E-state index is 12.5. The minimum absolute atomic E-state index is 0.182. The summed E-state index contributed by atoms with van der Waals surface area (Å²) < 4.78 is 10.5. The van der Waals surface area contributed by atoms with Crippen LogP contribution in [0.3, 0.4) is 0 Å². The number of ether oxygens (including phenoxy) is 2. The maximum absolute atomic E-state index is 12.5. The van der Waals surface area contributed by atoms with Gasteiger partial charge in [0.05, 0.1) is 7.11 Å². The van der Waals surface area contributed by atoms with Crippen LogP contribution in [0.4, 0.5) is 9.80 Å². The second-order valence-electron chi connectivity index (χ2n) is 6.80. The Bertz CT molecular complexity index is 806. The van der Waals surface area contributed by atoms with Crippen molar-refractivity contribution in [3.63, 3.8) is 0 Å². The third kappa shape index (κ3) is 6.14. The molecule has 0 radical (unpaired) electrons. The summed E-state index contributed by atoms with van der Waals surface area (Å²) >= 11 is 1.38. The van der Waals surface area contributed by atoms with Gasteiger partial charge >= 0.3 is 6.09 Å². The Morgan fingerprint density at radius 1 is 1.15 bits per heavy atom. The number of thiophene rings is 1. The van der Waals surface area contributed by atoms with E-state index in [1.165, 1.54) is 22.4 Å². The van der Waals surface area contributed by atoms with Gasteiger partial charge < -0.3 is 9.47 Å². The first-order chi connectivity index (χ1) is 12.7. The van der Waals surface area contributed by atoms with Gasteiger partial charge in [0, 0.05) is 17.3 Å². The van der Waals surface area contributed by atoms with Gasteiger partial charge in [-0.25, -0.2) is 4.79 Å². The lowest BCUT2D eigenvalue weighted by molar-refractivity contribution is 0.0567. The first kappa shape index (κ1) is 20.5. The smallest absolute Gasteiger partial charge is 0.434 e. The third-order valence-corrected chi connectivity index (χ3v) is 4.17. The Morgan fingerprint density at radius 3 is 2.33 bits per heavy atom. The van der Waals surface area contributed by atoms with E-state index in [1.54, 1.807) is 65.1 Å². The van der Waals surface area contributed by atoms with E-state index in [4.69, 9.17) is 9.47 Å². The minimum atomic E-state index is -0.634. The Balaban J connectivity index is 2.16. The lowest BCUT2D eigenvalue weighted by atomic mass is 10.1. The molecule has 7 heteroatoms. The number of hydrazine groups is 1. The Labute approximate surface area is 163 Å². The van der Waals surface area contributed by atoms with Crippen LogP contribution < -0.4 is 15.2 Å². The zero-order valence-corrected chi connectivity index (χ0v) is 16.9. The van der Waals surface area contributed by atoms with E-state index in [-0.39, 0.29) is 5.78 Å². The highest BCUT2D eigenvalue weighted by Crippen LogP contribution is 2.23. The molecule has 0 aliphatic carbocycles. The molecule has 0 saturated heterocycles. The van der Waals surface area contributed by atoms with Gasteiger partial charge in [-0.15, -0.1) is 11.3 Å². The molecule has 1 N–H and O–H groups in total. The summed E-state index contributed by atoms with van der Waals surface area (Å²) in [6.07, 6.45) is 0.891. The first-order valence-electron chi connectivity index (χ1n) is 8.39. The first-order valence-corrected chi connectivity index (χ1v) is 9.27. The molecule has 0 atom stereocenters. The van der Waals surface area contributed by atoms with Crippen LogP contribution in [-0.2, 0) is 4.74 Å². The average molecular weight is 388 g/mol. The summed E-state index contributed by atoms with van der Waals surface area (Å²) in [5, 5.41) is 3.81. The van der Waals surface area contributed by atoms with Gasteiger partial charge in [-0.2, -0.15) is 5.01 Å². The van der Waals surface area contributed by atoms with Gasteiger partial charge in [0.15, 0.2) is 5.78 Å². The van der Waals surface area contributed by atoms with Crippen LogP contribution in [0, 0.1) is 0 Å². The maximum Gasteiger partial charge on any atom is 0.434 e. The number of amides is 1. The van der Waals surface area contributed by atoms with E-state index >= 15 is 0 Å². The number of carbonyl (C=O) groups excluding carboxylic acids is 2. The zero-order chi connectivity index (χ0) is 20.0. The topological polar surface area (TPSA) is 67.9 Å². The lowest BCUT2D eigenvalue weighted by Crippen LogP contribution is -2.44. The van der Waals surface area contributed by atoms with Crippen molar-refractivity contribution in [3.8, 4) is 5.75 Å². The van der Waals surface area contributed by atoms with Gasteiger partial charge in [-0.05, 0) is 69.5 Å². The summed E-state index contributed by atoms with van der Waals surface area (Å²) in [6.45, 7) is 7.11. The lowest BCUT2D eigenvalue weighted by Gasteiger charge is -2.27. The van der Waals surface area contributed by atoms with Crippen LogP contribution >= 0.6 is 11.3 Å². The third-order valence-electron chi connectivity index (χ3n) is 3.31. The molecule has 0 aliphatic heterocycles. The zero-order valence-electron chi connectivity index (χ0n) is 16.1. The summed E-state index contributed by atoms with van der Waals surface area (Å²) in [4.78, 5) is 25.0. The molecule has 6 nitrogen and oxygen atoms in total. The number of benzene rings is 1. The van der Waals surface area contributed by atoms with E-state index in [0.717, 1.165) is 0 Å². The van der Waals surface area contributed by atoms with Crippen LogP contribution in [0.1, 0.15) is 38.1 Å². The molecule has 2 aromatic rings. The van der Waals surface area contributed by atoms with Crippen molar-refractivity contribution >= 4 is 28.2 Å². The second kappa shape index (κ2) is 8.73. The molecule has 1 amide bonds. The van der Waals surface area contributed by atoms with E-state index in [1.807, 2.05) is 11.4 Å². The number of nitrogens with one attached hydrogen (secondary N) is 1. The van der Waals surface area contributed by atoms with Crippen molar-refractivity contribution in [2.45, 2.75) is 33.3 Å². The molecular formula is C20H24N2O4S. The number of anilines is 1. The molecule has 0 fully saturated rings. The normalized spacial score (nSPS) is 11.7. The average Bonchev–Trinajstić information content (AvgIpc) is 3.12. The monoisotopic (exact) mass is 388 g/mol. The Kier molecular flexibility index (Phi) is 6.63. The number of allylic oxidation sites excluding steroid dienone is 2. The highest BCUT2D eigenvalue weighted by Gasteiger charge is 2.24. The quantitative estimate of drug-likeness (QED) is 0.438. The van der Waals surface area contributed by atoms with Crippen molar-refractivity contribution in [1.29, 1.82) is 0 Å². The van der Waals surface area contributed by atoms with Crippen LogP contribution in [0.15, 0.2) is 53.6 Å². The van der Waals surface area contributed by atoms with Crippen molar-refractivity contribution in [2.75, 3.05) is 12.1 Å². The van der Waals surface area contributed by atoms with Crippen LogP contribution in [0.2, 0.25) is 0 Å². The molecule has 2 rings (SSSR count).